The summed E-state index contributed by atoms with van der Waals surface area (Å²) in [5, 5.41) is 0. The summed E-state index contributed by atoms with van der Waals surface area (Å²) in [4.78, 5) is 3.04. The van der Waals surface area contributed by atoms with E-state index < -0.39 is 0 Å². The molecule has 0 saturated heterocycles. The van der Waals surface area contributed by atoms with Crippen LogP contribution in [0.5, 0.6) is 0 Å². The van der Waals surface area contributed by atoms with Crippen molar-refractivity contribution in [3.05, 3.63) is 99.2 Å². The molecule has 28 heavy (non-hydrogen) atoms. The van der Waals surface area contributed by atoms with Crippen molar-refractivity contribution >= 4 is 17.8 Å². The zero-order valence-electron chi connectivity index (χ0n) is 15.8. The number of fused-ring (bicyclic) bond motifs is 2. The Kier molecular flexibility index (Phi) is 10.4. The van der Waals surface area contributed by atoms with Gasteiger partial charge in [-0.15, -0.1) is 11.6 Å². The SMILES string of the molecule is CCC1=CC2C=CC=C2S1.Cc1ccc(C2[C-]=Cc3ccccc32)o1.[Cl-].[Cl-].[Zr+3]. The molecule has 2 aliphatic carbocycles. The molecular weight excluding hydrogens is 486 g/mol. The minimum Gasteiger partial charge on any atom is -1.00 e. The van der Waals surface area contributed by atoms with E-state index in [1.807, 2.05) is 43.0 Å². The van der Waals surface area contributed by atoms with Crippen LogP contribution in [0.1, 0.15) is 41.9 Å². The van der Waals surface area contributed by atoms with Gasteiger partial charge in [0.25, 0.3) is 0 Å². The average Bonchev–Trinajstić information content (AvgIpc) is 3.37. The number of furan rings is 1. The molecule has 0 bridgehead atoms. The van der Waals surface area contributed by atoms with Gasteiger partial charge in [0.1, 0.15) is 5.76 Å². The number of rotatable bonds is 2. The summed E-state index contributed by atoms with van der Waals surface area (Å²) in [6.45, 7) is 4.18. The maximum Gasteiger partial charge on any atom is 3.00 e. The Morgan fingerprint density at radius 1 is 1.11 bits per heavy atom. The fourth-order valence-corrected chi connectivity index (χ4v) is 4.39. The first-order valence-corrected chi connectivity index (χ1v) is 9.57. The van der Waals surface area contributed by atoms with Gasteiger partial charge in [-0.1, -0.05) is 61.2 Å². The van der Waals surface area contributed by atoms with Gasteiger partial charge in [0.15, 0.2) is 0 Å². The molecule has 2 heterocycles. The van der Waals surface area contributed by atoms with Crippen LogP contribution in [-0.2, 0) is 26.2 Å². The Balaban J connectivity index is 0.000000269. The second-order valence-electron chi connectivity index (χ2n) is 6.39. The molecule has 5 rings (SSSR count). The molecule has 0 saturated carbocycles. The van der Waals surface area contributed by atoms with Gasteiger partial charge in [0.2, 0.25) is 0 Å². The molecular formula is C23H21Cl2OSZr. The second-order valence-corrected chi connectivity index (χ2v) is 7.59. The number of thioether (sulfide) groups is 1. The third-order valence-electron chi connectivity index (χ3n) is 4.63. The number of halogens is 2. The number of aryl methyl sites for hydroxylation is 1. The van der Waals surface area contributed by atoms with Crippen molar-refractivity contribution < 1.29 is 55.4 Å². The molecule has 1 aromatic heterocycles. The fraction of sp³-hybridized carbons (Fsp3) is 0.217. The smallest absolute Gasteiger partial charge is 1.00 e. The average molecular weight is 508 g/mol. The molecule has 2 atom stereocenters. The van der Waals surface area contributed by atoms with Crippen LogP contribution in [-0.4, -0.2) is 0 Å². The Morgan fingerprint density at radius 2 is 1.89 bits per heavy atom. The van der Waals surface area contributed by atoms with E-state index in [0.29, 0.717) is 5.92 Å². The van der Waals surface area contributed by atoms with Crippen molar-refractivity contribution in [3.8, 4) is 0 Å². The predicted molar refractivity (Wildman–Crippen MR) is 106 cm³/mol. The van der Waals surface area contributed by atoms with Crippen molar-refractivity contribution in [1.82, 2.24) is 0 Å². The van der Waals surface area contributed by atoms with E-state index in [9.17, 15) is 0 Å². The molecule has 0 N–H and O–H groups in total. The molecule has 0 spiro atoms. The van der Waals surface area contributed by atoms with E-state index in [1.165, 1.54) is 27.4 Å². The van der Waals surface area contributed by atoms with Crippen LogP contribution in [0.4, 0.5) is 0 Å². The fourth-order valence-electron chi connectivity index (χ4n) is 3.30. The Morgan fingerprint density at radius 3 is 2.57 bits per heavy atom. The van der Waals surface area contributed by atoms with E-state index in [2.05, 4.69) is 55.5 Å². The quantitative estimate of drug-likeness (QED) is 0.554. The summed E-state index contributed by atoms with van der Waals surface area (Å²) in [5.74, 6) is 2.75. The zero-order valence-corrected chi connectivity index (χ0v) is 20.6. The van der Waals surface area contributed by atoms with Gasteiger partial charge >= 0.3 is 26.2 Å². The summed E-state index contributed by atoms with van der Waals surface area (Å²) in [5.41, 5.74) is 2.53. The molecule has 1 nitrogen and oxygen atoms in total. The van der Waals surface area contributed by atoms with Crippen LogP contribution in [0.25, 0.3) is 6.08 Å². The normalized spacial score (nSPS) is 19.8. The summed E-state index contributed by atoms with van der Waals surface area (Å²) >= 11 is 1.94. The monoisotopic (exact) mass is 505 g/mol. The van der Waals surface area contributed by atoms with Crippen molar-refractivity contribution in [2.24, 2.45) is 5.92 Å². The molecule has 1 aliphatic heterocycles. The second kappa shape index (κ2) is 11.5. The van der Waals surface area contributed by atoms with Gasteiger partial charge in [-0.25, -0.2) is 6.08 Å². The first kappa shape index (κ1) is 25.3. The first-order valence-electron chi connectivity index (χ1n) is 8.76. The largest absolute Gasteiger partial charge is 3.00 e. The summed E-state index contributed by atoms with van der Waals surface area (Å²) in [7, 11) is 0. The van der Waals surface area contributed by atoms with Crippen LogP contribution in [0.2, 0.25) is 0 Å². The number of hydrogen-bond acceptors (Lipinski definition) is 2. The minimum absolute atomic E-state index is 0. The maximum absolute atomic E-state index is 5.64. The maximum atomic E-state index is 5.64. The molecule has 5 heteroatoms. The standard InChI is InChI=1S/C14H11O.C9H10S.2ClH.Zr/c1-10-6-9-14(15-10)13-8-7-11-4-2-3-5-12(11)13;1-2-8-6-7-4-3-5-9(7)10-8;;;/h2-7,9,13H,1H3;3-7H,2H2,1H3;2*1H;/q-1;;;;+3/p-2. The first-order chi connectivity index (χ1) is 12.2. The Bertz CT molecular complexity index is 911. The molecule has 2 aromatic rings. The van der Waals surface area contributed by atoms with Gasteiger partial charge in [-0.2, -0.15) is 5.56 Å². The van der Waals surface area contributed by atoms with E-state index in [0.717, 1.165) is 11.5 Å². The number of allylic oxidation sites excluding steroid dienone is 7. The van der Waals surface area contributed by atoms with Crippen molar-refractivity contribution in [2.75, 3.05) is 0 Å². The van der Waals surface area contributed by atoms with Crippen LogP contribution in [0.15, 0.2) is 74.9 Å². The molecule has 1 aromatic carbocycles. The molecule has 0 amide bonds. The van der Waals surface area contributed by atoms with Crippen LogP contribution < -0.4 is 24.8 Å². The Hall–Kier alpha value is -0.727. The van der Waals surface area contributed by atoms with E-state index in [-0.39, 0.29) is 56.9 Å². The van der Waals surface area contributed by atoms with Gasteiger partial charge in [-0.3, -0.25) is 6.08 Å². The van der Waals surface area contributed by atoms with Gasteiger partial charge in [0.05, 0.1) is 5.76 Å². The number of hydrogen-bond donors (Lipinski definition) is 0. The van der Waals surface area contributed by atoms with E-state index >= 15 is 0 Å². The van der Waals surface area contributed by atoms with Crippen molar-refractivity contribution in [1.29, 1.82) is 0 Å². The van der Waals surface area contributed by atoms with Crippen molar-refractivity contribution in [2.45, 2.75) is 26.2 Å². The third kappa shape index (κ3) is 5.45. The van der Waals surface area contributed by atoms with Crippen molar-refractivity contribution in [3.63, 3.8) is 0 Å². The summed E-state index contributed by atoms with van der Waals surface area (Å²) < 4.78 is 5.64. The van der Waals surface area contributed by atoms with E-state index in [4.69, 9.17) is 4.42 Å². The Labute approximate surface area is 203 Å². The minimum atomic E-state index is 0. The predicted octanol–water partition coefficient (Wildman–Crippen LogP) is 0.652. The van der Waals surface area contributed by atoms with Crippen LogP contribution in [0, 0.1) is 18.9 Å². The molecule has 143 valence electrons. The third-order valence-corrected chi connectivity index (χ3v) is 5.96. The summed E-state index contributed by atoms with van der Waals surface area (Å²) in [6.07, 6.45) is 15.5. The van der Waals surface area contributed by atoms with Crippen LogP contribution >= 0.6 is 11.8 Å². The number of benzene rings is 1. The van der Waals surface area contributed by atoms with Gasteiger partial charge in [0, 0.05) is 10.8 Å². The van der Waals surface area contributed by atoms with Gasteiger partial charge in [-0.05, 0) is 36.3 Å². The van der Waals surface area contributed by atoms with Crippen LogP contribution in [0.3, 0.4) is 0 Å². The van der Waals surface area contributed by atoms with E-state index in [1.54, 1.807) is 0 Å². The molecule has 0 fully saturated rings. The molecule has 1 radical (unpaired) electrons. The zero-order chi connectivity index (χ0) is 17.2. The summed E-state index contributed by atoms with van der Waals surface area (Å²) in [6, 6.07) is 12.4. The molecule has 2 unspecified atom stereocenters. The molecule has 3 aliphatic rings. The topological polar surface area (TPSA) is 13.1 Å². The van der Waals surface area contributed by atoms with Gasteiger partial charge < -0.3 is 29.2 Å².